The van der Waals surface area contributed by atoms with Gasteiger partial charge in [-0.2, -0.15) is 0 Å². The molecule has 0 N–H and O–H groups in total. The van der Waals surface area contributed by atoms with Crippen LogP contribution < -0.4 is 0 Å². The fourth-order valence-corrected chi connectivity index (χ4v) is 1.11. The second-order valence-corrected chi connectivity index (χ2v) is 3.29. The van der Waals surface area contributed by atoms with E-state index in [4.69, 9.17) is 0 Å². The van der Waals surface area contributed by atoms with Crippen LogP contribution in [0.3, 0.4) is 0 Å². The molecule has 0 aliphatic heterocycles. The first-order valence-electron chi connectivity index (χ1n) is 4.43. The molecule has 13 heavy (non-hydrogen) atoms. The van der Waals surface area contributed by atoms with Gasteiger partial charge in [0.25, 0.3) is 0 Å². The minimum Gasteiger partial charge on any atom is -0.0805 e. The molecule has 1 heteroatoms. The monoisotopic (exact) mass is 340 g/mol. The normalized spacial score (nSPS) is 17.1. The van der Waals surface area contributed by atoms with Crippen LogP contribution in [0.1, 0.15) is 26.7 Å². The van der Waals surface area contributed by atoms with Crippen LogP contribution in [0.2, 0.25) is 0 Å². The van der Waals surface area contributed by atoms with Gasteiger partial charge >= 0.3 is 0 Å². The molecule has 0 atom stereocenters. The maximum atomic E-state index is 2.16. The molecular weight excluding hydrogens is 323 g/mol. The minimum atomic E-state index is 0. The van der Waals surface area contributed by atoms with E-state index in [2.05, 4.69) is 50.3 Å². The molecular formula is C12H16Hf. The molecule has 2 aliphatic rings. The van der Waals surface area contributed by atoms with Crippen molar-refractivity contribution in [2.75, 3.05) is 0 Å². The van der Waals surface area contributed by atoms with Crippen molar-refractivity contribution in [2.24, 2.45) is 0 Å². The average molecular weight is 339 g/mol. The van der Waals surface area contributed by atoms with Crippen LogP contribution >= 0.6 is 0 Å². The summed E-state index contributed by atoms with van der Waals surface area (Å²) in [6.45, 7) is 4.28. The Morgan fingerprint density at radius 1 is 0.846 bits per heavy atom. The van der Waals surface area contributed by atoms with Gasteiger partial charge in [0.15, 0.2) is 0 Å². The maximum Gasteiger partial charge on any atom is 0 e. The topological polar surface area (TPSA) is 0 Å². The molecule has 0 saturated carbocycles. The summed E-state index contributed by atoms with van der Waals surface area (Å²) in [5, 5.41) is 0. The van der Waals surface area contributed by atoms with Crippen molar-refractivity contribution in [1.29, 1.82) is 0 Å². The molecule has 0 fully saturated rings. The van der Waals surface area contributed by atoms with Crippen LogP contribution in [0.4, 0.5) is 0 Å². The van der Waals surface area contributed by atoms with Crippen LogP contribution in [0.5, 0.6) is 0 Å². The van der Waals surface area contributed by atoms with Crippen molar-refractivity contribution in [3.05, 3.63) is 47.6 Å². The van der Waals surface area contributed by atoms with E-state index in [9.17, 15) is 0 Å². The summed E-state index contributed by atoms with van der Waals surface area (Å²) in [7, 11) is 0. The van der Waals surface area contributed by atoms with Crippen molar-refractivity contribution >= 4 is 0 Å². The summed E-state index contributed by atoms with van der Waals surface area (Å²) >= 11 is 0. The summed E-state index contributed by atoms with van der Waals surface area (Å²) < 4.78 is 0. The van der Waals surface area contributed by atoms with E-state index in [-0.39, 0.29) is 25.8 Å². The Labute approximate surface area is 99.9 Å². The molecule has 0 amide bonds. The predicted molar refractivity (Wildman–Crippen MR) is 55.0 cm³/mol. The van der Waals surface area contributed by atoms with E-state index in [0.29, 0.717) is 0 Å². The van der Waals surface area contributed by atoms with Gasteiger partial charge in [-0.25, -0.2) is 0 Å². The SMILES string of the molecule is CC1=CC=CC1.CC1=CC=CC1.[Hf]. The molecule has 0 heterocycles. The summed E-state index contributed by atoms with van der Waals surface area (Å²) in [5.41, 5.74) is 2.94. The van der Waals surface area contributed by atoms with Crippen LogP contribution in [-0.4, -0.2) is 0 Å². The van der Waals surface area contributed by atoms with Gasteiger partial charge in [0.1, 0.15) is 0 Å². The second-order valence-electron chi connectivity index (χ2n) is 3.29. The average Bonchev–Trinajstić information content (AvgIpc) is 2.63. The Morgan fingerprint density at radius 3 is 1.31 bits per heavy atom. The molecule has 68 valence electrons. The minimum absolute atomic E-state index is 0. The standard InChI is InChI=1S/2C6H8.Hf/c2*1-6-4-2-3-5-6;/h2*2-4H,5H2,1H3;. The Bertz CT molecular complexity index is 226. The first-order chi connectivity index (χ1) is 5.79. The van der Waals surface area contributed by atoms with E-state index in [1.54, 1.807) is 0 Å². The van der Waals surface area contributed by atoms with Gasteiger partial charge in [-0.15, -0.1) is 0 Å². The summed E-state index contributed by atoms with van der Waals surface area (Å²) in [6, 6.07) is 0. The van der Waals surface area contributed by atoms with E-state index in [1.165, 1.54) is 24.0 Å². The summed E-state index contributed by atoms with van der Waals surface area (Å²) in [4.78, 5) is 0. The zero-order valence-electron chi connectivity index (χ0n) is 8.38. The Kier molecular flexibility index (Phi) is 7.16. The molecule has 0 unspecified atom stereocenters. The van der Waals surface area contributed by atoms with E-state index in [1.807, 2.05) is 0 Å². The largest absolute Gasteiger partial charge is 0.0805 e. The van der Waals surface area contributed by atoms with Gasteiger partial charge in [-0.3, -0.25) is 0 Å². The van der Waals surface area contributed by atoms with Crippen molar-refractivity contribution in [2.45, 2.75) is 26.7 Å². The van der Waals surface area contributed by atoms with Gasteiger partial charge in [0.05, 0.1) is 0 Å². The number of hydrogen-bond acceptors (Lipinski definition) is 0. The molecule has 2 rings (SSSR count). The predicted octanol–water partition coefficient (Wildman–Crippen LogP) is 3.78. The van der Waals surface area contributed by atoms with Gasteiger partial charge in [0, 0.05) is 25.8 Å². The number of rotatable bonds is 0. The van der Waals surface area contributed by atoms with Crippen LogP contribution in [0, 0.1) is 0 Å². The Balaban J connectivity index is 0.000000206. The van der Waals surface area contributed by atoms with E-state index in [0.717, 1.165) is 0 Å². The quantitative estimate of drug-likeness (QED) is 0.590. The fourth-order valence-electron chi connectivity index (χ4n) is 1.11. The van der Waals surface area contributed by atoms with Crippen LogP contribution in [-0.2, 0) is 25.8 Å². The van der Waals surface area contributed by atoms with Gasteiger partial charge < -0.3 is 0 Å². The molecule has 0 saturated heterocycles. The first-order valence-corrected chi connectivity index (χ1v) is 4.43. The molecule has 0 spiro atoms. The van der Waals surface area contributed by atoms with Gasteiger partial charge in [-0.1, -0.05) is 47.6 Å². The molecule has 0 aromatic carbocycles. The summed E-state index contributed by atoms with van der Waals surface area (Å²) in [6.07, 6.45) is 15.1. The third-order valence-electron chi connectivity index (χ3n) is 1.91. The van der Waals surface area contributed by atoms with E-state index < -0.39 is 0 Å². The fraction of sp³-hybridized carbons (Fsp3) is 0.333. The molecule has 2 aliphatic carbocycles. The van der Waals surface area contributed by atoms with Crippen molar-refractivity contribution in [1.82, 2.24) is 0 Å². The van der Waals surface area contributed by atoms with Crippen molar-refractivity contribution in [3.63, 3.8) is 0 Å². The third-order valence-corrected chi connectivity index (χ3v) is 1.91. The zero-order valence-corrected chi connectivity index (χ0v) is 12.0. The second kappa shape index (κ2) is 7.25. The molecule has 0 bridgehead atoms. The molecule has 0 aromatic heterocycles. The van der Waals surface area contributed by atoms with Crippen molar-refractivity contribution in [3.8, 4) is 0 Å². The zero-order chi connectivity index (χ0) is 8.81. The third kappa shape index (κ3) is 5.98. The maximum absolute atomic E-state index is 2.16. The van der Waals surface area contributed by atoms with Gasteiger partial charge in [-0.05, 0) is 26.7 Å². The number of hydrogen-bond donors (Lipinski definition) is 0. The molecule has 0 aromatic rings. The molecule has 0 nitrogen and oxygen atoms in total. The molecule has 0 radical (unpaired) electrons. The summed E-state index contributed by atoms with van der Waals surface area (Å²) in [5.74, 6) is 0. The van der Waals surface area contributed by atoms with Crippen molar-refractivity contribution < 1.29 is 25.8 Å². The number of allylic oxidation sites excluding steroid dienone is 8. The van der Waals surface area contributed by atoms with Crippen LogP contribution in [0.25, 0.3) is 0 Å². The first kappa shape index (κ1) is 12.8. The Hall–Kier alpha value is -0.170. The Morgan fingerprint density at radius 2 is 1.23 bits per heavy atom. The van der Waals surface area contributed by atoms with E-state index >= 15 is 0 Å². The van der Waals surface area contributed by atoms with Crippen LogP contribution in [0.15, 0.2) is 47.6 Å². The smallest absolute Gasteiger partial charge is 0 e. The van der Waals surface area contributed by atoms with Gasteiger partial charge in [0.2, 0.25) is 0 Å².